The van der Waals surface area contributed by atoms with Gasteiger partial charge in [-0.2, -0.15) is 0 Å². The summed E-state index contributed by atoms with van der Waals surface area (Å²) in [5.41, 5.74) is 2.35. The summed E-state index contributed by atoms with van der Waals surface area (Å²) < 4.78 is 7.46. The molecular weight excluding hydrogens is 354 g/mol. The molecule has 1 amide bonds. The predicted molar refractivity (Wildman–Crippen MR) is 102 cm³/mol. The molecule has 0 saturated carbocycles. The van der Waals surface area contributed by atoms with Crippen molar-refractivity contribution in [3.05, 3.63) is 47.3 Å². The van der Waals surface area contributed by atoms with E-state index in [9.17, 15) is 4.79 Å². The average molecular weight is 380 g/mol. The minimum Gasteiger partial charge on any atom is -0.375 e. The van der Waals surface area contributed by atoms with E-state index >= 15 is 0 Å². The fraction of sp³-hybridized carbons (Fsp3) is 0.500. The average Bonchev–Trinajstić information content (AvgIpc) is 3.04. The summed E-state index contributed by atoms with van der Waals surface area (Å²) in [5.74, 6) is -0.194. The third-order valence-electron chi connectivity index (χ3n) is 4.44. The van der Waals surface area contributed by atoms with Gasteiger partial charge in [0.1, 0.15) is 0 Å². The lowest BCUT2D eigenvalue weighted by Crippen LogP contribution is -2.31. The van der Waals surface area contributed by atoms with Crippen LogP contribution in [0.1, 0.15) is 40.6 Å². The van der Waals surface area contributed by atoms with E-state index in [-0.39, 0.29) is 18.3 Å². The molecule has 7 nitrogen and oxygen atoms in total. The third kappa shape index (κ3) is 5.27. The molecule has 1 aromatic heterocycles. The van der Waals surface area contributed by atoms with Crippen LogP contribution in [-0.2, 0) is 11.3 Å². The van der Waals surface area contributed by atoms with Crippen molar-refractivity contribution < 1.29 is 9.53 Å². The van der Waals surface area contributed by atoms with Crippen molar-refractivity contribution in [2.45, 2.75) is 32.4 Å². The number of halogens is 1. The zero-order valence-corrected chi connectivity index (χ0v) is 15.8. The van der Waals surface area contributed by atoms with Gasteiger partial charge in [-0.1, -0.05) is 35.5 Å². The second kappa shape index (κ2) is 10.3. The van der Waals surface area contributed by atoms with Crippen LogP contribution in [0.25, 0.3) is 0 Å². The number of carbonyl (C=O) groups is 1. The van der Waals surface area contributed by atoms with Crippen molar-refractivity contribution in [3.63, 3.8) is 0 Å². The monoisotopic (exact) mass is 379 g/mol. The van der Waals surface area contributed by atoms with Gasteiger partial charge in [0.25, 0.3) is 5.91 Å². The molecule has 26 heavy (non-hydrogen) atoms. The molecule has 2 heterocycles. The van der Waals surface area contributed by atoms with Crippen LogP contribution in [0, 0.1) is 6.92 Å². The lowest BCUT2D eigenvalue weighted by atomic mass is 10.1. The maximum Gasteiger partial charge on any atom is 0.273 e. The van der Waals surface area contributed by atoms with Gasteiger partial charge < -0.3 is 15.4 Å². The number of hydrogen-bond donors (Lipinski definition) is 2. The summed E-state index contributed by atoms with van der Waals surface area (Å²) in [6.07, 6.45) is 2.02. The zero-order valence-electron chi connectivity index (χ0n) is 15.0. The van der Waals surface area contributed by atoms with Crippen molar-refractivity contribution in [1.29, 1.82) is 0 Å². The summed E-state index contributed by atoms with van der Waals surface area (Å²) >= 11 is 0. The van der Waals surface area contributed by atoms with E-state index in [0.717, 1.165) is 37.2 Å². The Bertz CT molecular complexity index is 686. The smallest absolute Gasteiger partial charge is 0.273 e. The number of amides is 1. The van der Waals surface area contributed by atoms with Crippen LogP contribution in [0.15, 0.2) is 30.3 Å². The van der Waals surface area contributed by atoms with E-state index in [2.05, 4.69) is 20.9 Å². The lowest BCUT2D eigenvalue weighted by molar-refractivity contribution is 0.0895. The standard InChI is InChI=1S/C18H25N5O2.ClH/c1-14-17(21-22-23(14)16-7-9-19-10-8-16)18(24)20-11-12-25-13-15-5-3-2-4-6-15;/h2-6,16,19H,7-13H2,1H3,(H,20,24);1H. The first-order chi connectivity index (χ1) is 12.3. The van der Waals surface area contributed by atoms with Gasteiger partial charge in [-0.3, -0.25) is 4.79 Å². The summed E-state index contributed by atoms with van der Waals surface area (Å²) in [6.45, 7) is 5.31. The van der Waals surface area contributed by atoms with Gasteiger partial charge in [0.15, 0.2) is 5.69 Å². The molecule has 1 fully saturated rings. The van der Waals surface area contributed by atoms with Crippen molar-refractivity contribution in [2.75, 3.05) is 26.2 Å². The molecule has 8 heteroatoms. The molecule has 0 unspecified atom stereocenters. The van der Waals surface area contributed by atoms with E-state index in [1.807, 2.05) is 41.9 Å². The van der Waals surface area contributed by atoms with Crippen LogP contribution < -0.4 is 10.6 Å². The highest BCUT2D eigenvalue weighted by Crippen LogP contribution is 2.20. The third-order valence-corrected chi connectivity index (χ3v) is 4.44. The number of ether oxygens (including phenoxy) is 1. The predicted octanol–water partition coefficient (Wildman–Crippen LogP) is 1.88. The fourth-order valence-corrected chi connectivity index (χ4v) is 3.03. The maximum absolute atomic E-state index is 12.3. The van der Waals surface area contributed by atoms with E-state index < -0.39 is 0 Å². The molecule has 0 atom stereocenters. The van der Waals surface area contributed by atoms with E-state index in [1.54, 1.807) is 0 Å². The molecule has 2 aromatic rings. The molecular formula is C18H26ClN5O2. The van der Waals surface area contributed by atoms with Crippen molar-refractivity contribution in [1.82, 2.24) is 25.6 Å². The second-order valence-electron chi connectivity index (χ2n) is 6.24. The Morgan fingerprint density at radius 1 is 1.31 bits per heavy atom. The Morgan fingerprint density at radius 2 is 2.04 bits per heavy atom. The topological polar surface area (TPSA) is 81.1 Å². The Morgan fingerprint density at radius 3 is 2.77 bits per heavy atom. The summed E-state index contributed by atoms with van der Waals surface area (Å²) in [5, 5.41) is 14.4. The van der Waals surface area contributed by atoms with Gasteiger partial charge >= 0.3 is 0 Å². The SMILES string of the molecule is Cc1c(C(=O)NCCOCc2ccccc2)nnn1C1CCNCC1.Cl. The van der Waals surface area contributed by atoms with Crippen LogP contribution >= 0.6 is 12.4 Å². The Hall–Kier alpha value is -1.96. The highest BCUT2D eigenvalue weighted by Gasteiger charge is 2.22. The largest absolute Gasteiger partial charge is 0.375 e. The first kappa shape index (κ1) is 20.4. The number of nitrogens with one attached hydrogen (secondary N) is 2. The Labute approximate surface area is 159 Å². The van der Waals surface area contributed by atoms with Crippen molar-refractivity contribution in [2.24, 2.45) is 0 Å². The van der Waals surface area contributed by atoms with Gasteiger partial charge in [-0.15, -0.1) is 17.5 Å². The summed E-state index contributed by atoms with van der Waals surface area (Å²) in [4.78, 5) is 12.3. The molecule has 142 valence electrons. The van der Waals surface area contributed by atoms with E-state index in [0.29, 0.717) is 31.5 Å². The van der Waals surface area contributed by atoms with Crippen LogP contribution in [-0.4, -0.2) is 47.1 Å². The Balaban J connectivity index is 0.00000243. The normalized spacial score (nSPS) is 14.7. The summed E-state index contributed by atoms with van der Waals surface area (Å²) in [6, 6.07) is 10.3. The molecule has 0 spiro atoms. The fourth-order valence-electron chi connectivity index (χ4n) is 3.03. The summed E-state index contributed by atoms with van der Waals surface area (Å²) in [7, 11) is 0. The number of benzene rings is 1. The van der Waals surface area contributed by atoms with Gasteiger partial charge in [0.2, 0.25) is 0 Å². The molecule has 2 N–H and O–H groups in total. The minimum absolute atomic E-state index is 0. The molecule has 1 aromatic carbocycles. The maximum atomic E-state index is 12.3. The van der Waals surface area contributed by atoms with Crippen LogP contribution in [0.2, 0.25) is 0 Å². The molecule has 1 aliphatic heterocycles. The highest BCUT2D eigenvalue weighted by atomic mass is 35.5. The van der Waals surface area contributed by atoms with Gasteiger partial charge in [-0.05, 0) is 38.4 Å². The number of nitrogens with zero attached hydrogens (tertiary/aromatic N) is 3. The van der Waals surface area contributed by atoms with E-state index in [1.165, 1.54) is 0 Å². The molecule has 1 saturated heterocycles. The number of hydrogen-bond acceptors (Lipinski definition) is 5. The molecule has 0 radical (unpaired) electrons. The number of carbonyl (C=O) groups excluding carboxylic acids is 1. The lowest BCUT2D eigenvalue weighted by Gasteiger charge is -2.23. The molecule has 0 bridgehead atoms. The minimum atomic E-state index is -0.194. The van der Waals surface area contributed by atoms with Crippen LogP contribution in [0.3, 0.4) is 0 Å². The van der Waals surface area contributed by atoms with Gasteiger partial charge in [0.05, 0.1) is 24.9 Å². The van der Waals surface area contributed by atoms with Crippen molar-refractivity contribution >= 4 is 18.3 Å². The van der Waals surface area contributed by atoms with Gasteiger partial charge in [0, 0.05) is 6.54 Å². The van der Waals surface area contributed by atoms with Gasteiger partial charge in [-0.25, -0.2) is 4.68 Å². The molecule has 1 aliphatic rings. The number of aromatic nitrogens is 3. The second-order valence-corrected chi connectivity index (χ2v) is 6.24. The molecule has 3 rings (SSSR count). The van der Waals surface area contributed by atoms with Crippen molar-refractivity contribution in [3.8, 4) is 0 Å². The molecule has 0 aliphatic carbocycles. The first-order valence-electron chi connectivity index (χ1n) is 8.78. The number of rotatable bonds is 7. The first-order valence-corrected chi connectivity index (χ1v) is 8.78. The van der Waals surface area contributed by atoms with Crippen LogP contribution in [0.5, 0.6) is 0 Å². The Kier molecular flexibility index (Phi) is 8.03. The highest BCUT2D eigenvalue weighted by molar-refractivity contribution is 5.93. The van der Waals surface area contributed by atoms with Crippen LogP contribution in [0.4, 0.5) is 0 Å². The number of piperidine rings is 1. The zero-order chi connectivity index (χ0) is 17.5. The van der Waals surface area contributed by atoms with E-state index in [4.69, 9.17) is 4.74 Å². The quantitative estimate of drug-likeness (QED) is 0.718.